The van der Waals surface area contributed by atoms with Gasteiger partial charge in [0.15, 0.2) is 10.2 Å². The van der Waals surface area contributed by atoms with Crippen LogP contribution in [0.1, 0.15) is 59.3 Å². The van der Waals surface area contributed by atoms with Crippen LogP contribution < -0.4 is 0 Å². The number of hydrogen-bond acceptors (Lipinski definition) is 4. The molecule has 0 bridgehead atoms. The summed E-state index contributed by atoms with van der Waals surface area (Å²) in [5.41, 5.74) is 0. The summed E-state index contributed by atoms with van der Waals surface area (Å²) in [7, 11) is 0. The molecule has 0 unspecified atom stereocenters. The van der Waals surface area contributed by atoms with Gasteiger partial charge >= 0.3 is 0 Å². The predicted octanol–water partition coefficient (Wildman–Crippen LogP) is 4.77. The minimum absolute atomic E-state index is 0.232. The third-order valence-corrected chi connectivity index (χ3v) is 6.11. The van der Waals surface area contributed by atoms with E-state index < -0.39 is 0 Å². The minimum atomic E-state index is 0.232. The molecule has 0 aliphatic heterocycles. The summed E-state index contributed by atoms with van der Waals surface area (Å²) in [6.07, 6.45) is 7.59. The van der Waals surface area contributed by atoms with Crippen LogP contribution in [0.3, 0.4) is 0 Å². The van der Waals surface area contributed by atoms with Crippen LogP contribution >= 0.6 is 23.5 Å². The lowest BCUT2D eigenvalue weighted by atomic mass is 9.71. The fourth-order valence-electron chi connectivity index (χ4n) is 3.24. The molecule has 1 aliphatic carbocycles. The van der Waals surface area contributed by atoms with Gasteiger partial charge in [0.25, 0.3) is 0 Å². The Balaban J connectivity index is 2.41. The van der Waals surface area contributed by atoms with E-state index in [4.69, 9.17) is 0 Å². The molecule has 0 N–H and O–H groups in total. The molecule has 0 saturated heterocycles. The number of carbonyl (C=O) groups excluding carboxylic acids is 2. The van der Waals surface area contributed by atoms with Crippen molar-refractivity contribution in [3.8, 4) is 0 Å². The maximum absolute atomic E-state index is 11.1. The average Bonchev–Trinajstić information content (AvgIpc) is 2.39. The summed E-state index contributed by atoms with van der Waals surface area (Å²) in [6, 6.07) is 0. The molecular formula is C16H28O2S2. The zero-order chi connectivity index (χ0) is 15.0. The van der Waals surface area contributed by atoms with Crippen LogP contribution in [0.25, 0.3) is 0 Å². The highest BCUT2D eigenvalue weighted by atomic mass is 32.2. The molecule has 20 heavy (non-hydrogen) atoms. The minimum Gasteiger partial charge on any atom is -0.288 e. The second kappa shape index (κ2) is 9.88. The topological polar surface area (TPSA) is 34.1 Å². The van der Waals surface area contributed by atoms with E-state index in [1.807, 2.05) is 0 Å². The molecule has 0 radical (unpaired) electrons. The fourth-order valence-corrected chi connectivity index (χ4v) is 4.65. The SMILES string of the molecule is CC[C@H]1CC[C@@H](CCSC(C)=O)[C@@H](CCSC(C)=O)C1. The van der Waals surface area contributed by atoms with Crippen molar-refractivity contribution < 1.29 is 9.59 Å². The van der Waals surface area contributed by atoms with Crippen LogP contribution in [0.4, 0.5) is 0 Å². The molecule has 0 aromatic rings. The highest BCUT2D eigenvalue weighted by Crippen LogP contribution is 2.40. The smallest absolute Gasteiger partial charge is 0.185 e. The molecule has 3 atom stereocenters. The Labute approximate surface area is 132 Å². The van der Waals surface area contributed by atoms with E-state index in [1.165, 1.54) is 49.2 Å². The van der Waals surface area contributed by atoms with E-state index in [9.17, 15) is 9.59 Å². The van der Waals surface area contributed by atoms with Gasteiger partial charge in [0.1, 0.15) is 0 Å². The molecule has 1 rings (SSSR count). The van der Waals surface area contributed by atoms with Gasteiger partial charge in [0.05, 0.1) is 0 Å². The molecule has 1 aliphatic rings. The first-order valence-electron chi connectivity index (χ1n) is 7.79. The molecule has 1 saturated carbocycles. The second-order valence-corrected chi connectivity index (χ2v) is 8.41. The molecule has 0 amide bonds. The van der Waals surface area contributed by atoms with Crippen LogP contribution in [0.2, 0.25) is 0 Å². The summed E-state index contributed by atoms with van der Waals surface area (Å²) in [6.45, 7) is 5.60. The Kier molecular flexibility index (Phi) is 8.94. The van der Waals surface area contributed by atoms with Crippen LogP contribution in [0.15, 0.2) is 0 Å². The van der Waals surface area contributed by atoms with Gasteiger partial charge in [-0.05, 0) is 43.4 Å². The number of thioether (sulfide) groups is 2. The van der Waals surface area contributed by atoms with Gasteiger partial charge in [-0.15, -0.1) is 0 Å². The van der Waals surface area contributed by atoms with E-state index >= 15 is 0 Å². The average molecular weight is 317 g/mol. The van der Waals surface area contributed by atoms with Crippen LogP contribution in [0.5, 0.6) is 0 Å². The van der Waals surface area contributed by atoms with E-state index in [-0.39, 0.29) is 10.2 Å². The maximum atomic E-state index is 11.1. The molecule has 0 aromatic heterocycles. The second-order valence-electron chi connectivity index (χ2n) is 5.86. The maximum Gasteiger partial charge on any atom is 0.185 e. The lowest BCUT2D eigenvalue weighted by Crippen LogP contribution is -2.26. The van der Waals surface area contributed by atoms with Crippen molar-refractivity contribution >= 4 is 33.8 Å². The number of hydrogen-bond donors (Lipinski definition) is 0. The van der Waals surface area contributed by atoms with Crippen molar-refractivity contribution in [2.45, 2.75) is 59.3 Å². The molecule has 0 heterocycles. The zero-order valence-corrected chi connectivity index (χ0v) is 14.7. The van der Waals surface area contributed by atoms with E-state index in [1.54, 1.807) is 13.8 Å². The molecule has 0 spiro atoms. The Morgan fingerprint density at radius 1 is 0.950 bits per heavy atom. The third-order valence-electron chi connectivity index (χ3n) is 4.41. The zero-order valence-electron chi connectivity index (χ0n) is 13.0. The van der Waals surface area contributed by atoms with E-state index in [0.29, 0.717) is 0 Å². The number of carbonyl (C=O) groups is 2. The van der Waals surface area contributed by atoms with Gasteiger partial charge in [-0.1, -0.05) is 43.3 Å². The van der Waals surface area contributed by atoms with Gasteiger partial charge < -0.3 is 0 Å². The molecule has 1 fully saturated rings. The van der Waals surface area contributed by atoms with Crippen molar-refractivity contribution in [3.05, 3.63) is 0 Å². The van der Waals surface area contributed by atoms with Crippen LogP contribution in [-0.2, 0) is 9.59 Å². The molecule has 4 heteroatoms. The monoisotopic (exact) mass is 316 g/mol. The summed E-state index contributed by atoms with van der Waals surface area (Å²) in [5, 5.41) is 0.465. The summed E-state index contributed by atoms with van der Waals surface area (Å²) in [4.78, 5) is 22.1. The normalized spacial score (nSPS) is 26.4. The Morgan fingerprint density at radius 2 is 1.50 bits per heavy atom. The van der Waals surface area contributed by atoms with Crippen molar-refractivity contribution in [1.29, 1.82) is 0 Å². The standard InChI is InChI=1S/C16H28O2S2/c1-4-14-5-6-15(7-9-19-12(2)17)16(11-14)8-10-20-13(3)18/h14-16H,4-11H2,1-3H3/t14-,15-,16-/m0/s1. The highest BCUT2D eigenvalue weighted by molar-refractivity contribution is 8.13. The lowest BCUT2D eigenvalue weighted by molar-refractivity contribution is -0.109. The predicted molar refractivity (Wildman–Crippen MR) is 90.1 cm³/mol. The summed E-state index contributed by atoms with van der Waals surface area (Å²) in [5.74, 6) is 4.32. The molecule has 0 aromatic carbocycles. The Hall–Kier alpha value is 0.0400. The van der Waals surface area contributed by atoms with Crippen molar-refractivity contribution in [1.82, 2.24) is 0 Å². The first-order chi connectivity index (χ1) is 9.52. The fraction of sp³-hybridized carbons (Fsp3) is 0.875. The van der Waals surface area contributed by atoms with E-state index in [0.717, 1.165) is 42.1 Å². The van der Waals surface area contributed by atoms with Gasteiger partial charge in [-0.2, -0.15) is 0 Å². The van der Waals surface area contributed by atoms with Crippen molar-refractivity contribution in [2.24, 2.45) is 17.8 Å². The van der Waals surface area contributed by atoms with Crippen molar-refractivity contribution in [2.75, 3.05) is 11.5 Å². The van der Waals surface area contributed by atoms with Gasteiger partial charge in [0, 0.05) is 25.4 Å². The van der Waals surface area contributed by atoms with Gasteiger partial charge in [0.2, 0.25) is 0 Å². The molecule has 116 valence electrons. The Bertz CT molecular complexity index is 318. The highest BCUT2D eigenvalue weighted by Gasteiger charge is 2.29. The number of rotatable bonds is 7. The summed E-state index contributed by atoms with van der Waals surface area (Å²) >= 11 is 2.93. The van der Waals surface area contributed by atoms with Gasteiger partial charge in [-0.3, -0.25) is 9.59 Å². The molecule has 2 nitrogen and oxygen atoms in total. The van der Waals surface area contributed by atoms with E-state index in [2.05, 4.69) is 6.92 Å². The lowest BCUT2D eigenvalue weighted by Gasteiger charge is -2.36. The van der Waals surface area contributed by atoms with Crippen molar-refractivity contribution in [3.63, 3.8) is 0 Å². The largest absolute Gasteiger partial charge is 0.288 e. The van der Waals surface area contributed by atoms with Crippen LogP contribution in [0, 0.1) is 17.8 Å². The Morgan fingerprint density at radius 3 is 2.00 bits per heavy atom. The molecular weight excluding hydrogens is 288 g/mol. The first kappa shape index (κ1) is 18.1. The first-order valence-corrected chi connectivity index (χ1v) is 9.76. The van der Waals surface area contributed by atoms with Crippen LogP contribution in [-0.4, -0.2) is 21.7 Å². The third kappa shape index (κ3) is 7.16. The quantitative estimate of drug-likeness (QED) is 0.677. The summed E-state index contributed by atoms with van der Waals surface area (Å²) < 4.78 is 0. The van der Waals surface area contributed by atoms with Gasteiger partial charge in [-0.25, -0.2) is 0 Å².